The molecule has 1 heterocycles. The molecule has 0 bridgehead atoms. The molecule has 1 aliphatic rings. The van der Waals surface area contributed by atoms with E-state index in [9.17, 15) is 13.2 Å². The second-order valence-corrected chi connectivity index (χ2v) is 9.12. The average molecular weight is 387 g/mol. The molecule has 0 radical (unpaired) electrons. The number of hydrogen-bond acceptors (Lipinski definition) is 3. The summed E-state index contributed by atoms with van der Waals surface area (Å²) in [4.78, 5) is 14.8. The molecular weight excluding hydrogens is 360 g/mol. The highest BCUT2D eigenvalue weighted by Gasteiger charge is 2.23. The summed E-state index contributed by atoms with van der Waals surface area (Å²) in [5, 5.41) is 0. The predicted molar refractivity (Wildman–Crippen MR) is 106 cm³/mol. The van der Waals surface area contributed by atoms with Crippen LogP contribution in [0.15, 0.2) is 53.4 Å². The van der Waals surface area contributed by atoms with Crippen molar-refractivity contribution in [1.82, 2.24) is 9.62 Å². The third kappa shape index (κ3) is 4.76. The van der Waals surface area contributed by atoms with Gasteiger partial charge in [0.15, 0.2) is 0 Å². The van der Waals surface area contributed by atoms with E-state index in [4.69, 9.17) is 0 Å². The highest BCUT2D eigenvalue weighted by Crippen LogP contribution is 2.21. The Balaban J connectivity index is 1.74. The lowest BCUT2D eigenvalue weighted by Gasteiger charge is -2.29. The van der Waals surface area contributed by atoms with E-state index in [0.717, 1.165) is 18.4 Å². The lowest BCUT2D eigenvalue weighted by Crippen LogP contribution is -2.36. The largest absolute Gasteiger partial charge is 0.334 e. The Hall–Kier alpha value is -2.18. The van der Waals surface area contributed by atoms with Crippen molar-refractivity contribution in [2.75, 3.05) is 13.1 Å². The van der Waals surface area contributed by atoms with Gasteiger partial charge < -0.3 is 4.90 Å². The van der Waals surface area contributed by atoms with E-state index in [1.54, 1.807) is 17.0 Å². The van der Waals surface area contributed by atoms with Gasteiger partial charge in [-0.05, 0) is 48.1 Å². The van der Waals surface area contributed by atoms with E-state index in [1.165, 1.54) is 17.7 Å². The lowest BCUT2D eigenvalue weighted by atomic mass is 9.99. The number of sulfonamides is 1. The van der Waals surface area contributed by atoms with Gasteiger partial charge in [0.1, 0.15) is 0 Å². The molecular formula is C21H26N2O3S. The van der Waals surface area contributed by atoms with E-state index >= 15 is 0 Å². The smallest absolute Gasteiger partial charge is 0.254 e. The van der Waals surface area contributed by atoms with Gasteiger partial charge in [-0.2, -0.15) is 0 Å². The van der Waals surface area contributed by atoms with E-state index in [2.05, 4.69) is 10.8 Å². The third-order valence-corrected chi connectivity index (χ3v) is 6.28. The van der Waals surface area contributed by atoms with Crippen molar-refractivity contribution in [1.29, 1.82) is 0 Å². The minimum Gasteiger partial charge on any atom is -0.334 e. The zero-order valence-electron chi connectivity index (χ0n) is 15.8. The molecule has 0 spiro atoms. The number of benzene rings is 2. The van der Waals surface area contributed by atoms with E-state index in [0.29, 0.717) is 31.1 Å². The Kier molecular flexibility index (Phi) is 5.97. The van der Waals surface area contributed by atoms with E-state index < -0.39 is 10.0 Å². The summed E-state index contributed by atoms with van der Waals surface area (Å²) >= 11 is 0. The SMILES string of the molecule is CC(C)CCNS(=O)(=O)c1cccc(C(=O)N2CCc3ccccc3C2)c1. The van der Waals surface area contributed by atoms with Gasteiger partial charge in [0, 0.05) is 25.2 Å². The molecule has 6 heteroatoms. The number of hydrogen-bond donors (Lipinski definition) is 1. The molecule has 2 aromatic carbocycles. The zero-order chi connectivity index (χ0) is 19.4. The van der Waals surface area contributed by atoms with Crippen LogP contribution >= 0.6 is 0 Å². The summed E-state index contributed by atoms with van der Waals surface area (Å²) < 4.78 is 27.6. The Morgan fingerprint density at radius 1 is 1.11 bits per heavy atom. The van der Waals surface area contributed by atoms with Crippen LogP contribution in [0.3, 0.4) is 0 Å². The maximum absolute atomic E-state index is 12.9. The van der Waals surface area contributed by atoms with Crippen LogP contribution in [0.25, 0.3) is 0 Å². The quantitative estimate of drug-likeness (QED) is 0.829. The van der Waals surface area contributed by atoms with Gasteiger partial charge in [0.25, 0.3) is 5.91 Å². The molecule has 1 aliphatic heterocycles. The monoisotopic (exact) mass is 386 g/mol. The first kappa shape index (κ1) is 19.6. The van der Waals surface area contributed by atoms with Crippen molar-refractivity contribution < 1.29 is 13.2 Å². The van der Waals surface area contributed by atoms with E-state index in [-0.39, 0.29) is 10.8 Å². The van der Waals surface area contributed by atoms with Crippen LogP contribution in [0.2, 0.25) is 0 Å². The summed E-state index contributed by atoms with van der Waals surface area (Å²) in [6.45, 7) is 5.67. The normalized spacial score (nSPS) is 14.3. The third-order valence-electron chi connectivity index (χ3n) is 4.82. The standard InChI is InChI=1S/C21H26N2O3S/c1-16(2)10-12-22-27(25,26)20-9-5-8-18(14-20)21(24)23-13-11-17-6-3-4-7-19(17)15-23/h3-9,14,16,22H,10-13,15H2,1-2H3. The number of carbonyl (C=O) groups excluding carboxylic acids is 1. The van der Waals surface area contributed by atoms with Crippen LogP contribution in [0.5, 0.6) is 0 Å². The number of nitrogens with zero attached hydrogens (tertiary/aromatic N) is 1. The predicted octanol–water partition coefficient (Wildman–Crippen LogP) is 3.21. The molecule has 1 N–H and O–H groups in total. The molecule has 0 aromatic heterocycles. The maximum atomic E-state index is 12.9. The van der Waals surface area contributed by atoms with Crippen molar-refractivity contribution in [2.24, 2.45) is 5.92 Å². The number of amides is 1. The van der Waals surface area contributed by atoms with Crippen LogP contribution in [-0.4, -0.2) is 32.3 Å². The molecule has 0 aliphatic carbocycles. The van der Waals surface area contributed by atoms with E-state index in [1.807, 2.05) is 32.0 Å². The molecule has 144 valence electrons. The molecule has 0 atom stereocenters. The summed E-state index contributed by atoms with van der Waals surface area (Å²) in [5.74, 6) is 0.284. The van der Waals surface area contributed by atoms with Gasteiger partial charge in [0.05, 0.1) is 4.90 Å². The first-order valence-electron chi connectivity index (χ1n) is 9.32. The summed E-state index contributed by atoms with van der Waals surface area (Å²) in [7, 11) is -3.61. The Morgan fingerprint density at radius 2 is 1.85 bits per heavy atom. The van der Waals surface area contributed by atoms with Crippen LogP contribution < -0.4 is 4.72 Å². The summed E-state index contributed by atoms with van der Waals surface area (Å²) in [6.07, 6.45) is 1.59. The highest BCUT2D eigenvalue weighted by atomic mass is 32.2. The number of carbonyl (C=O) groups is 1. The number of nitrogens with one attached hydrogen (secondary N) is 1. The van der Waals surface area contributed by atoms with Crippen LogP contribution in [-0.2, 0) is 23.0 Å². The lowest BCUT2D eigenvalue weighted by molar-refractivity contribution is 0.0734. The minimum atomic E-state index is -3.61. The van der Waals surface area contributed by atoms with Crippen molar-refractivity contribution >= 4 is 15.9 Å². The van der Waals surface area contributed by atoms with Gasteiger partial charge >= 0.3 is 0 Å². The Bertz CT molecular complexity index is 923. The molecule has 5 nitrogen and oxygen atoms in total. The molecule has 1 amide bonds. The van der Waals surface area contributed by atoms with Crippen LogP contribution in [0.4, 0.5) is 0 Å². The second-order valence-electron chi connectivity index (χ2n) is 7.35. The van der Waals surface area contributed by atoms with Gasteiger partial charge in [-0.15, -0.1) is 0 Å². The molecule has 0 unspecified atom stereocenters. The Labute approximate surface area is 161 Å². The molecule has 0 saturated carbocycles. The maximum Gasteiger partial charge on any atom is 0.254 e. The van der Waals surface area contributed by atoms with Gasteiger partial charge in [0.2, 0.25) is 10.0 Å². The van der Waals surface area contributed by atoms with Crippen molar-refractivity contribution in [2.45, 2.75) is 38.1 Å². The van der Waals surface area contributed by atoms with Crippen LogP contribution in [0.1, 0.15) is 41.8 Å². The summed E-state index contributed by atoms with van der Waals surface area (Å²) in [6, 6.07) is 14.4. The van der Waals surface area contributed by atoms with Crippen molar-refractivity contribution in [3.05, 3.63) is 65.2 Å². The minimum absolute atomic E-state index is 0.134. The molecule has 0 saturated heterocycles. The fourth-order valence-electron chi connectivity index (χ4n) is 3.21. The Morgan fingerprint density at radius 3 is 2.59 bits per heavy atom. The first-order valence-corrected chi connectivity index (χ1v) is 10.8. The molecule has 27 heavy (non-hydrogen) atoms. The average Bonchev–Trinajstić information content (AvgIpc) is 2.66. The van der Waals surface area contributed by atoms with Crippen LogP contribution in [0, 0.1) is 5.92 Å². The number of fused-ring (bicyclic) bond motifs is 1. The molecule has 3 rings (SSSR count). The highest BCUT2D eigenvalue weighted by molar-refractivity contribution is 7.89. The molecule has 0 fully saturated rings. The van der Waals surface area contributed by atoms with Crippen molar-refractivity contribution in [3.63, 3.8) is 0 Å². The fraction of sp³-hybridized carbons (Fsp3) is 0.381. The molecule has 2 aromatic rings. The second kappa shape index (κ2) is 8.23. The van der Waals surface area contributed by atoms with Gasteiger partial charge in [-0.1, -0.05) is 44.2 Å². The van der Waals surface area contributed by atoms with Crippen molar-refractivity contribution in [3.8, 4) is 0 Å². The fourth-order valence-corrected chi connectivity index (χ4v) is 4.31. The van der Waals surface area contributed by atoms with Gasteiger partial charge in [-0.25, -0.2) is 13.1 Å². The van der Waals surface area contributed by atoms with Gasteiger partial charge in [-0.3, -0.25) is 4.79 Å². The summed E-state index contributed by atoms with van der Waals surface area (Å²) in [5.41, 5.74) is 2.82. The zero-order valence-corrected chi connectivity index (χ0v) is 16.6. The first-order chi connectivity index (χ1) is 12.9. The number of rotatable bonds is 6. The topological polar surface area (TPSA) is 66.5 Å².